The molecule has 0 aromatic heterocycles. The van der Waals surface area contributed by atoms with Gasteiger partial charge in [-0.05, 0) is 55.5 Å². The Kier molecular flexibility index (Phi) is 5.97. The predicted molar refractivity (Wildman–Crippen MR) is 118 cm³/mol. The van der Waals surface area contributed by atoms with E-state index in [4.69, 9.17) is 4.74 Å². The van der Waals surface area contributed by atoms with E-state index >= 15 is 0 Å². The number of rotatable bonds is 5. The molecule has 2 aromatic rings. The average Bonchev–Trinajstić information content (AvgIpc) is 2.79. The summed E-state index contributed by atoms with van der Waals surface area (Å²) in [6.45, 7) is 2.28. The first-order chi connectivity index (χ1) is 15.3. The highest BCUT2D eigenvalue weighted by molar-refractivity contribution is 6.39. The van der Waals surface area contributed by atoms with Gasteiger partial charge in [0.1, 0.15) is 11.4 Å². The molecule has 168 valence electrons. The molecule has 3 amide bonds. The first kappa shape index (κ1) is 22.0. The SMILES string of the molecule is CO[C@@](C)(CNC(=O)C(=O)Nc1cc2c3c(c1)CCC(=O)N3CCC2)c1ccccc1F. The van der Waals surface area contributed by atoms with Gasteiger partial charge in [-0.25, -0.2) is 4.39 Å². The lowest BCUT2D eigenvalue weighted by Gasteiger charge is -2.35. The van der Waals surface area contributed by atoms with Crippen LogP contribution in [-0.4, -0.2) is 37.9 Å². The van der Waals surface area contributed by atoms with Crippen LogP contribution in [0, 0.1) is 5.82 Å². The van der Waals surface area contributed by atoms with Gasteiger partial charge in [0.15, 0.2) is 0 Å². The highest BCUT2D eigenvalue weighted by Crippen LogP contribution is 2.37. The third kappa shape index (κ3) is 4.10. The summed E-state index contributed by atoms with van der Waals surface area (Å²) in [5.74, 6) is -1.98. The number of hydrogen-bond donors (Lipinski definition) is 2. The molecule has 2 aliphatic rings. The van der Waals surface area contributed by atoms with Crippen LogP contribution in [0.4, 0.5) is 15.8 Å². The van der Waals surface area contributed by atoms with Crippen molar-refractivity contribution in [3.05, 3.63) is 58.9 Å². The molecule has 32 heavy (non-hydrogen) atoms. The van der Waals surface area contributed by atoms with Crippen molar-refractivity contribution in [3.8, 4) is 0 Å². The third-order valence-corrected chi connectivity index (χ3v) is 6.22. The molecule has 2 aromatic carbocycles. The summed E-state index contributed by atoms with van der Waals surface area (Å²) in [6.07, 6.45) is 2.73. The van der Waals surface area contributed by atoms with Crippen molar-refractivity contribution in [2.45, 2.75) is 38.2 Å². The molecule has 0 bridgehead atoms. The molecule has 0 spiro atoms. The third-order valence-electron chi connectivity index (χ3n) is 6.22. The summed E-state index contributed by atoms with van der Waals surface area (Å²) in [7, 11) is 1.42. The zero-order chi connectivity index (χ0) is 22.9. The van der Waals surface area contributed by atoms with Gasteiger partial charge in [0, 0.05) is 31.3 Å². The number of anilines is 2. The predicted octanol–water partition coefficient (Wildman–Crippen LogP) is 2.67. The largest absolute Gasteiger partial charge is 0.372 e. The number of hydrogen-bond acceptors (Lipinski definition) is 4. The highest BCUT2D eigenvalue weighted by Gasteiger charge is 2.32. The fraction of sp³-hybridized carbons (Fsp3) is 0.375. The van der Waals surface area contributed by atoms with E-state index in [0.717, 1.165) is 29.7 Å². The van der Waals surface area contributed by atoms with Crippen LogP contribution in [0.2, 0.25) is 0 Å². The molecule has 0 unspecified atom stereocenters. The van der Waals surface area contributed by atoms with Gasteiger partial charge in [-0.2, -0.15) is 0 Å². The van der Waals surface area contributed by atoms with Crippen molar-refractivity contribution in [2.75, 3.05) is 30.4 Å². The minimum atomic E-state index is -1.13. The van der Waals surface area contributed by atoms with Gasteiger partial charge in [-0.15, -0.1) is 0 Å². The van der Waals surface area contributed by atoms with Gasteiger partial charge in [-0.1, -0.05) is 18.2 Å². The minimum absolute atomic E-state index is 0.0802. The van der Waals surface area contributed by atoms with E-state index in [1.54, 1.807) is 25.1 Å². The number of amides is 3. The van der Waals surface area contributed by atoms with Gasteiger partial charge < -0.3 is 20.3 Å². The molecule has 0 saturated heterocycles. The van der Waals surface area contributed by atoms with Crippen LogP contribution in [0.1, 0.15) is 36.5 Å². The monoisotopic (exact) mass is 439 g/mol. The summed E-state index contributed by atoms with van der Waals surface area (Å²) in [5.41, 5.74) is 2.64. The van der Waals surface area contributed by atoms with Crippen molar-refractivity contribution >= 4 is 29.1 Å². The maximum Gasteiger partial charge on any atom is 0.313 e. The van der Waals surface area contributed by atoms with Crippen LogP contribution in [0.3, 0.4) is 0 Å². The lowest BCUT2D eigenvalue weighted by Crippen LogP contribution is -2.44. The zero-order valence-electron chi connectivity index (χ0n) is 18.2. The van der Waals surface area contributed by atoms with Crippen LogP contribution < -0.4 is 15.5 Å². The molecular weight excluding hydrogens is 413 g/mol. The van der Waals surface area contributed by atoms with Crippen molar-refractivity contribution in [2.24, 2.45) is 0 Å². The molecule has 1 atom stereocenters. The summed E-state index contributed by atoms with van der Waals surface area (Å²) in [4.78, 5) is 39.0. The van der Waals surface area contributed by atoms with Crippen LogP contribution >= 0.6 is 0 Å². The van der Waals surface area contributed by atoms with Crippen LogP contribution in [0.5, 0.6) is 0 Å². The Hall–Kier alpha value is -3.26. The summed E-state index contributed by atoms with van der Waals surface area (Å²) in [6, 6.07) is 9.81. The van der Waals surface area contributed by atoms with Crippen molar-refractivity contribution in [1.82, 2.24) is 5.32 Å². The number of carbonyl (C=O) groups excluding carboxylic acids is 3. The van der Waals surface area contributed by atoms with Gasteiger partial charge in [-0.3, -0.25) is 14.4 Å². The number of nitrogens with one attached hydrogen (secondary N) is 2. The number of methoxy groups -OCH3 is 1. The van der Waals surface area contributed by atoms with E-state index in [0.29, 0.717) is 25.1 Å². The Balaban J connectivity index is 1.45. The maximum absolute atomic E-state index is 14.2. The summed E-state index contributed by atoms with van der Waals surface area (Å²) in [5, 5.41) is 5.19. The highest BCUT2D eigenvalue weighted by atomic mass is 19.1. The Bertz CT molecular complexity index is 1070. The molecule has 8 heteroatoms. The van der Waals surface area contributed by atoms with E-state index < -0.39 is 23.2 Å². The standard InChI is InChI=1S/C24H26FN3O4/c1-24(32-2,18-7-3-4-8-19(18)25)14-26-22(30)23(31)27-17-12-15-6-5-11-28-20(29)10-9-16(13-17)21(15)28/h3-4,7-8,12-13H,5-6,9-11,14H2,1-2H3,(H,26,30)(H,27,31)/t24-/m0/s1. The van der Waals surface area contributed by atoms with E-state index in [9.17, 15) is 18.8 Å². The summed E-state index contributed by atoms with van der Waals surface area (Å²) >= 11 is 0. The molecule has 0 saturated carbocycles. The van der Waals surface area contributed by atoms with Crippen molar-refractivity contribution < 1.29 is 23.5 Å². The zero-order valence-corrected chi connectivity index (χ0v) is 18.2. The quantitative estimate of drug-likeness (QED) is 0.702. The van der Waals surface area contributed by atoms with Gasteiger partial charge in [0.25, 0.3) is 0 Å². The number of nitrogens with zero attached hydrogens (tertiary/aromatic N) is 1. The molecule has 2 heterocycles. The molecular formula is C24H26FN3O4. The molecule has 0 aliphatic carbocycles. The molecule has 7 nitrogen and oxygen atoms in total. The lowest BCUT2D eigenvalue weighted by atomic mass is 9.91. The van der Waals surface area contributed by atoms with Gasteiger partial charge in [0.2, 0.25) is 5.91 Å². The number of carbonyl (C=O) groups is 3. The Morgan fingerprint density at radius 2 is 1.84 bits per heavy atom. The molecule has 2 N–H and O–H groups in total. The lowest BCUT2D eigenvalue weighted by molar-refractivity contribution is -0.137. The fourth-order valence-corrected chi connectivity index (χ4v) is 4.41. The topological polar surface area (TPSA) is 87.7 Å². The number of benzene rings is 2. The van der Waals surface area contributed by atoms with Crippen molar-refractivity contribution in [3.63, 3.8) is 0 Å². The molecule has 2 aliphatic heterocycles. The molecule has 0 fully saturated rings. The first-order valence-corrected chi connectivity index (χ1v) is 10.7. The van der Waals surface area contributed by atoms with Gasteiger partial charge >= 0.3 is 11.8 Å². The summed E-state index contributed by atoms with van der Waals surface area (Å²) < 4.78 is 19.7. The van der Waals surface area contributed by atoms with Crippen molar-refractivity contribution in [1.29, 1.82) is 0 Å². The second-order valence-electron chi connectivity index (χ2n) is 8.34. The van der Waals surface area contributed by atoms with Gasteiger partial charge in [0.05, 0.1) is 12.2 Å². The smallest absolute Gasteiger partial charge is 0.313 e. The van der Waals surface area contributed by atoms with E-state index in [2.05, 4.69) is 10.6 Å². The minimum Gasteiger partial charge on any atom is -0.372 e. The molecule has 0 radical (unpaired) electrons. The Morgan fingerprint density at radius 3 is 2.56 bits per heavy atom. The van der Waals surface area contributed by atoms with E-state index in [1.807, 2.05) is 17.0 Å². The number of aryl methyl sites for hydroxylation is 2. The second-order valence-corrected chi connectivity index (χ2v) is 8.34. The Morgan fingerprint density at radius 1 is 1.12 bits per heavy atom. The van der Waals surface area contributed by atoms with E-state index in [-0.39, 0.29) is 18.0 Å². The van der Waals surface area contributed by atoms with Crippen LogP contribution in [0.25, 0.3) is 0 Å². The first-order valence-electron chi connectivity index (χ1n) is 10.7. The van der Waals surface area contributed by atoms with Crippen LogP contribution in [0.15, 0.2) is 36.4 Å². The Labute approximate surface area is 185 Å². The second kappa shape index (κ2) is 8.70. The fourth-order valence-electron chi connectivity index (χ4n) is 4.41. The average molecular weight is 439 g/mol. The van der Waals surface area contributed by atoms with Crippen LogP contribution in [-0.2, 0) is 37.6 Å². The normalized spacial score (nSPS) is 16.7. The molecule has 4 rings (SSSR count). The number of ether oxygens (including phenoxy) is 1. The number of halogens is 1. The maximum atomic E-state index is 14.2. The van der Waals surface area contributed by atoms with E-state index in [1.165, 1.54) is 13.2 Å².